The molecule has 6 unspecified atom stereocenters. The van der Waals surface area contributed by atoms with Crippen molar-refractivity contribution in [2.75, 3.05) is 13.1 Å². The van der Waals surface area contributed by atoms with Crippen LogP contribution in [0.15, 0.2) is 11.6 Å². The molecule has 4 aliphatic rings. The molecule has 8 radical (unpaired) electrons. The maximum Gasteiger partial charge on any atom is 0.183 e. The molecule has 0 spiro atoms. The fraction of sp³-hybridized carbons (Fsp3) is 0.900. The second-order valence-electron chi connectivity index (χ2n) is 9.31. The quantitative estimate of drug-likeness (QED) is 0.545. The van der Waals surface area contributed by atoms with Gasteiger partial charge in [-0.3, -0.25) is 0 Å². The molecule has 4 nitrogen and oxygen atoms in total. The molecule has 4 rings (SSSR count). The summed E-state index contributed by atoms with van der Waals surface area (Å²) in [6.07, 6.45) is 12.5. The zero-order valence-electron chi connectivity index (χ0n) is 17.4. The van der Waals surface area contributed by atoms with Crippen LogP contribution < -0.4 is 0 Å². The van der Waals surface area contributed by atoms with Crippen LogP contribution in [0, 0.1) is 0 Å². The van der Waals surface area contributed by atoms with Crippen LogP contribution >= 0.6 is 0 Å². The molecule has 2 aliphatic carbocycles. The first-order valence-corrected chi connectivity index (χ1v) is 11.3. The molecule has 2 heterocycles. The van der Waals surface area contributed by atoms with Crippen LogP contribution in [0.3, 0.4) is 0 Å². The molecular weight excluding hydrogens is 339 g/mol. The van der Waals surface area contributed by atoms with E-state index in [-0.39, 0.29) is 0 Å². The fourth-order valence-electron chi connectivity index (χ4n) is 6.23. The minimum Gasteiger partial charge on any atom is -0.348 e. The molecule has 2 aliphatic heterocycles. The van der Waals surface area contributed by atoms with E-state index in [0.717, 1.165) is 45.2 Å². The van der Waals surface area contributed by atoms with Crippen molar-refractivity contribution in [3.63, 3.8) is 0 Å². The van der Waals surface area contributed by atoms with Gasteiger partial charge in [0.2, 0.25) is 0 Å². The summed E-state index contributed by atoms with van der Waals surface area (Å²) in [5, 5.41) is 0. The second-order valence-corrected chi connectivity index (χ2v) is 9.31. The highest BCUT2D eigenvalue weighted by molar-refractivity contribution is 6.07. The summed E-state index contributed by atoms with van der Waals surface area (Å²) >= 11 is 0. The van der Waals surface area contributed by atoms with Crippen LogP contribution in [0.25, 0.3) is 0 Å². The normalized spacial score (nSPS) is 41.2. The Morgan fingerprint density at radius 3 is 2.11 bits per heavy atom. The van der Waals surface area contributed by atoms with Crippen molar-refractivity contribution in [2.45, 2.75) is 101 Å². The Kier molecular flexibility index (Phi) is 6.71. The third-order valence-electron chi connectivity index (χ3n) is 7.88. The van der Waals surface area contributed by atoms with Gasteiger partial charge in [-0.2, -0.15) is 0 Å². The van der Waals surface area contributed by atoms with Gasteiger partial charge in [0.15, 0.2) is 31.9 Å². The van der Waals surface area contributed by atoms with Gasteiger partial charge < -0.3 is 19.2 Å². The van der Waals surface area contributed by atoms with E-state index in [4.69, 9.17) is 31.9 Å². The summed E-state index contributed by atoms with van der Waals surface area (Å²) in [6.45, 7) is 3.93. The highest BCUT2D eigenvalue weighted by Crippen LogP contribution is 2.37. The summed E-state index contributed by atoms with van der Waals surface area (Å²) in [6, 6.07) is 2.14. The zero-order valence-corrected chi connectivity index (χ0v) is 17.4. The number of nitrogens with zero attached hydrogens (tertiary/aromatic N) is 4. The van der Waals surface area contributed by atoms with Crippen LogP contribution in [0.4, 0.5) is 0 Å². The molecule has 8 heteroatoms. The first-order chi connectivity index (χ1) is 13.5. The number of piperazine rings is 2. The van der Waals surface area contributed by atoms with E-state index in [9.17, 15) is 0 Å². The molecule has 3 fully saturated rings. The Morgan fingerprint density at radius 1 is 0.857 bits per heavy atom. The first-order valence-electron chi connectivity index (χ1n) is 11.3. The molecule has 28 heavy (non-hydrogen) atoms. The topological polar surface area (TPSA) is 13.0 Å². The molecule has 0 aromatic heterocycles. The van der Waals surface area contributed by atoms with Gasteiger partial charge in [0, 0.05) is 36.3 Å². The lowest BCUT2D eigenvalue weighted by Gasteiger charge is -2.57. The van der Waals surface area contributed by atoms with Crippen molar-refractivity contribution in [1.82, 2.24) is 19.2 Å². The van der Waals surface area contributed by atoms with Crippen molar-refractivity contribution in [3.05, 3.63) is 11.6 Å². The Hall–Kier alpha value is -0.160. The van der Waals surface area contributed by atoms with E-state index in [1.54, 1.807) is 0 Å². The van der Waals surface area contributed by atoms with Crippen molar-refractivity contribution in [1.29, 1.82) is 0 Å². The summed E-state index contributed by atoms with van der Waals surface area (Å²) in [7, 11) is 25.8. The molecule has 0 aromatic rings. The first kappa shape index (κ1) is 21.1. The van der Waals surface area contributed by atoms with Gasteiger partial charge in [0.1, 0.15) is 0 Å². The third-order valence-corrected chi connectivity index (χ3v) is 7.88. The monoisotopic (exact) mass is 372 g/mol. The summed E-state index contributed by atoms with van der Waals surface area (Å²) in [4.78, 5) is 8.33. The highest BCUT2D eigenvalue weighted by atomic mass is 15.3. The van der Waals surface area contributed by atoms with Crippen LogP contribution in [0.1, 0.15) is 64.7 Å². The van der Waals surface area contributed by atoms with Crippen molar-refractivity contribution in [3.8, 4) is 0 Å². The minimum atomic E-state index is 0.319. The molecule has 0 amide bonds. The van der Waals surface area contributed by atoms with Gasteiger partial charge in [-0.25, -0.2) is 0 Å². The van der Waals surface area contributed by atoms with Crippen LogP contribution in [0.2, 0.25) is 0 Å². The Labute approximate surface area is 177 Å². The largest absolute Gasteiger partial charge is 0.348 e. The van der Waals surface area contributed by atoms with E-state index in [2.05, 4.69) is 22.6 Å². The summed E-state index contributed by atoms with van der Waals surface area (Å²) in [5.74, 6) is 0. The van der Waals surface area contributed by atoms with E-state index in [1.807, 2.05) is 9.62 Å². The van der Waals surface area contributed by atoms with Crippen molar-refractivity contribution >= 4 is 31.9 Å². The summed E-state index contributed by atoms with van der Waals surface area (Å²) in [5.41, 5.74) is 1.50. The van der Waals surface area contributed by atoms with Crippen LogP contribution in [0.5, 0.6) is 0 Å². The molecule has 6 atom stereocenters. The molecule has 144 valence electrons. The molecule has 2 saturated heterocycles. The fourth-order valence-corrected chi connectivity index (χ4v) is 6.23. The van der Waals surface area contributed by atoms with Crippen molar-refractivity contribution < 1.29 is 0 Å². The maximum atomic E-state index is 6.70. The molecule has 0 aromatic carbocycles. The minimum absolute atomic E-state index is 0.319. The van der Waals surface area contributed by atoms with Crippen LogP contribution in [-0.2, 0) is 0 Å². The van der Waals surface area contributed by atoms with E-state index in [1.165, 1.54) is 31.3 Å². The molecular formula is C20H32B4N4. The SMILES string of the molecule is [B]N1CCN([B])C2CC(CCC3C(CC)N([B])C4CCCCC4N3[B])=CCC21. The van der Waals surface area contributed by atoms with Gasteiger partial charge in [0.25, 0.3) is 0 Å². The van der Waals surface area contributed by atoms with E-state index >= 15 is 0 Å². The van der Waals surface area contributed by atoms with Gasteiger partial charge in [-0.1, -0.05) is 31.4 Å². The average Bonchev–Trinajstić information content (AvgIpc) is 2.72. The highest BCUT2D eigenvalue weighted by Gasteiger charge is 2.43. The summed E-state index contributed by atoms with van der Waals surface area (Å²) < 4.78 is 0. The van der Waals surface area contributed by atoms with Crippen LogP contribution in [-0.4, -0.2) is 101 Å². The maximum absolute atomic E-state index is 6.70. The predicted molar refractivity (Wildman–Crippen MR) is 118 cm³/mol. The van der Waals surface area contributed by atoms with Gasteiger partial charge in [-0.15, -0.1) is 0 Å². The Morgan fingerprint density at radius 2 is 1.46 bits per heavy atom. The Balaban J connectivity index is 1.42. The zero-order chi connectivity index (χ0) is 19.8. The Bertz CT molecular complexity index is 576. The van der Waals surface area contributed by atoms with Gasteiger partial charge >= 0.3 is 0 Å². The second kappa shape index (κ2) is 8.91. The predicted octanol–water partition coefficient (Wildman–Crippen LogP) is 1.25. The molecule has 0 N–H and O–H groups in total. The smallest absolute Gasteiger partial charge is 0.183 e. The van der Waals surface area contributed by atoms with Crippen molar-refractivity contribution in [2.24, 2.45) is 0 Å². The van der Waals surface area contributed by atoms with Gasteiger partial charge in [0.05, 0.1) is 0 Å². The number of rotatable bonds is 4. The lowest BCUT2D eigenvalue weighted by Crippen LogP contribution is -2.67. The number of hydrogen-bond donors (Lipinski definition) is 0. The average molecular weight is 372 g/mol. The molecule has 1 saturated carbocycles. The molecule has 0 bridgehead atoms. The van der Waals surface area contributed by atoms with Gasteiger partial charge in [-0.05, 0) is 58.0 Å². The number of fused-ring (bicyclic) bond motifs is 2. The lowest BCUT2D eigenvalue weighted by molar-refractivity contribution is 0.00861. The van der Waals surface area contributed by atoms with E-state index < -0.39 is 0 Å². The number of hydrogen-bond acceptors (Lipinski definition) is 4. The third kappa shape index (κ3) is 3.91. The van der Waals surface area contributed by atoms with E-state index in [0.29, 0.717) is 36.3 Å². The lowest BCUT2D eigenvalue weighted by atomic mass is 9.76. The standard InChI is InChI=1S/C20H32B4N4/c1-2-15-19(28(24)18-6-4-3-5-17(18)27(15)23)10-8-14-7-9-16-20(13-14)26(22)12-11-25(16)21/h7,15-20H,2-6,8-13H2,1H3.